The van der Waals surface area contributed by atoms with Crippen molar-refractivity contribution in [3.8, 4) is 0 Å². The first kappa shape index (κ1) is 18.7. The molecule has 26 heavy (non-hydrogen) atoms. The minimum atomic E-state index is -1.56. The summed E-state index contributed by atoms with van der Waals surface area (Å²) in [7, 11) is 1.30. The summed E-state index contributed by atoms with van der Waals surface area (Å²) in [5.74, 6) is 0. The molecule has 0 aromatic heterocycles. The maximum atomic E-state index is 2.68. The van der Waals surface area contributed by atoms with Crippen LogP contribution in [0.15, 0.2) is 71.9 Å². The minimum absolute atomic E-state index is 0.453. The largest absolute Gasteiger partial charge is 0.108 e. The van der Waals surface area contributed by atoms with Gasteiger partial charge in [-0.15, -0.1) is 0 Å². The zero-order valence-electron chi connectivity index (χ0n) is 16.2. The lowest BCUT2D eigenvalue weighted by Crippen LogP contribution is -2.61. The maximum absolute atomic E-state index is 2.68. The van der Waals surface area contributed by atoms with E-state index >= 15 is 0 Å². The molecule has 2 unspecified atom stereocenters. The van der Waals surface area contributed by atoms with Crippen molar-refractivity contribution < 1.29 is 0 Å². The topological polar surface area (TPSA) is 0 Å². The van der Waals surface area contributed by atoms with Gasteiger partial charge < -0.3 is 0 Å². The van der Waals surface area contributed by atoms with Gasteiger partial charge in [-0.25, -0.2) is 0 Å². The fourth-order valence-electron chi connectivity index (χ4n) is 4.61. The van der Waals surface area contributed by atoms with Gasteiger partial charge in [0.1, 0.15) is 8.07 Å². The molecule has 136 valence electrons. The maximum Gasteiger partial charge on any atom is 0.108 e. The van der Waals surface area contributed by atoms with Gasteiger partial charge in [-0.05, 0) is 12.8 Å². The fourth-order valence-corrected chi connectivity index (χ4v) is 18.5. The van der Waals surface area contributed by atoms with Gasteiger partial charge in [0.2, 0.25) is 0 Å². The second kappa shape index (κ2) is 6.73. The van der Waals surface area contributed by atoms with Gasteiger partial charge in [0.05, 0.1) is 8.07 Å². The first-order valence-corrected chi connectivity index (χ1v) is 17.7. The summed E-state index contributed by atoms with van der Waals surface area (Å²) in [6.07, 6.45) is 5.30. The molecule has 2 atom stereocenters. The monoisotopic (exact) mass is 412 g/mol. The van der Waals surface area contributed by atoms with Crippen LogP contribution in [0.4, 0.5) is 0 Å². The fraction of sp³-hybridized carbons (Fsp3) is 0.364. The van der Waals surface area contributed by atoms with Crippen LogP contribution in [0, 0.1) is 0 Å². The van der Waals surface area contributed by atoms with E-state index in [2.05, 4.69) is 115 Å². The lowest BCUT2D eigenvalue weighted by atomic mass is 10.1. The second-order valence-electron chi connectivity index (χ2n) is 8.71. The third kappa shape index (κ3) is 2.90. The molecule has 2 aromatic carbocycles. The van der Waals surface area contributed by atoms with Crippen LogP contribution >= 0.6 is 21.6 Å². The van der Waals surface area contributed by atoms with E-state index in [1.165, 1.54) is 12.8 Å². The summed E-state index contributed by atoms with van der Waals surface area (Å²) in [5.41, 5.74) is 0. The molecule has 1 saturated heterocycles. The molecule has 1 fully saturated rings. The van der Waals surface area contributed by atoms with Crippen molar-refractivity contribution in [3.05, 3.63) is 71.9 Å². The van der Waals surface area contributed by atoms with Crippen LogP contribution in [-0.4, -0.2) is 25.8 Å². The number of fused-ring (bicyclic) bond motifs is 2. The highest BCUT2D eigenvalue weighted by Gasteiger charge is 2.56. The lowest BCUT2D eigenvalue weighted by Gasteiger charge is -2.44. The first-order valence-electron chi connectivity index (χ1n) is 9.53. The van der Waals surface area contributed by atoms with Crippen molar-refractivity contribution in [2.75, 3.05) is 0 Å². The van der Waals surface area contributed by atoms with Crippen LogP contribution in [0.2, 0.25) is 26.2 Å². The van der Waals surface area contributed by atoms with Crippen LogP contribution in [0.1, 0.15) is 12.8 Å². The summed E-state index contributed by atoms with van der Waals surface area (Å²) in [4.78, 5) is 0. The normalized spacial score (nSPS) is 25.8. The van der Waals surface area contributed by atoms with E-state index in [0.717, 1.165) is 0 Å². The van der Waals surface area contributed by atoms with Crippen LogP contribution in [0.25, 0.3) is 0 Å². The van der Waals surface area contributed by atoms with E-state index in [1.54, 1.807) is 15.6 Å². The van der Waals surface area contributed by atoms with Crippen LogP contribution in [0.3, 0.4) is 0 Å². The molecular formula is C22H28S2Si2. The molecule has 0 amide bonds. The molecule has 0 spiro atoms. The SMILES string of the molecule is C[Si](C)(C1=CCC2([Si](C)(C)c3ccccc3)CC1SS2)c1ccccc1. The average molecular weight is 413 g/mol. The molecule has 2 aliphatic rings. The molecule has 1 aliphatic carbocycles. The Bertz CT molecular complexity index is 815. The van der Waals surface area contributed by atoms with Crippen LogP contribution in [-0.2, 0) is 0 Å². The summed E-state index contributed by atoms with van der Waals surface area (Å²) in [6.45, 7) is 10.3. The van der Waals surface area contributed by atoms with E-state index in [0.29, 0.717) is 9.62 Å². The van der Waals surface area contributed by atoms with Gasteiger partial charge in [0.15, 0.2) is 0 Å². The standard InChI is InChI=1S/C22H28S2Si2/c1-25(2,18-11-7-5-8-12-18)21-15-16-22(17-20(21)23-24-22)26(3,4)19-13-9-6-10-14-19/h5-15,20H,16-17H2,1-4H3. The number of hydrogen-bond acceptors (Lipinski definition) is 2. The molecule has 0 N–H and O–H groups in total. The predicted molar refractivity (Wildman–Crippen MR) is 126 cm³/mol. The summed E-state index contributed by atoms with van der Waals surface area (Å²) in [6, 6.07) is 22.6. The summed E-state index contributed by atoms with van der Waals surface area (Å²) >= 11 is 0. The van der Waals surface area contributed by atoms with E-state index in [1.807, 2.05) is 0 Å². The van der Waals surface area contributed by atoms with Gasteiger partial charge in [-0.2, -0.15) is 0 Å². The van der Waals surface area contributed by atoms with Gasteiger partial charge in [0.25, 0.3) is 0 Å². The Balaban J connectivity index is 1.68. The number of benzene rings is 2. The average Bonchev–Trinajstić information content (AvgIpc) is 3.01. The van der Waals surface area contributed by atoms with E-state index < -0.39 is 16.1 Å². The third-order valence-electron chi connectivity index (χ3n) is 6.69. The van der Waals surface area contributed by atoms with Crippen molar-refractivity contribution in [1.29, 1.82) is 0 Å². The first-order chi connectivity index (χ1) is 12.4. The highest BCUT2D eigenvalue weighted by molar-refractivity contribution is 8.78. The summed E-state index contributed by atoms with van der Waals surface area (Å²) in [5, 5.41) is 5.69. The van der Waals surface area contributed by atoms with Crippen LogP contribution in [0.5, 0.6) is 0 Å². The predicted octanol–water partition coefficient (Wildman–Crippen LogP) is 5.52. The van der Waals surface area contributed by atoms with E-state index in [4.69, 9.17) is 0 Å². The van der Waals surface area contributed by atoms with E-state index in [-0.39, 0.29) is 0 Å². The Morgan fingerprint density at radius 2 is 1.42 bits per heavy atom. The van der Waals surface area contributed by atoms with Gasteiger partial charge >= 0.3 is 0 Å². The molecule has 4 heteroatoms. The van der Waals surface area contributed by atoms with Crippen LogP contribution < -0.4 is 10.4 Å². The molecule has 1 aliphatic heterocycles. The Morgan fingerprint density at radius 1 is 0.846 bits per heavy atom. The molecular weight excluding hydrogens is 385 g/mol. The molecule has 0 radical (unpaired) electrons. The molecule has 1 heterocycles. The van der Waals surface area contributed by atoms with E-state index in [9.17, 15) is 0 Å². The molecule has 0 nitrogen and oxygen atoms in total. The molecule has 0 saturated carbocycles. The molecule has 4 rings (SSSR count). The molecule has 2 bridgehead atoms. The van der Waals surface area contributed by atoms with Crippen molar-refractivity contribution >= 4 is 48.1 Å². The summed E-state index contributed by atoms with van der Waals surface area (Å²) < 4.78 is 0.453. The number of rotatable bonds is 4. The molecule has 2 aromatic rings. The lowest BCUT2D eigenvalue weighted by molar-refractivity contribution is 0.683. The Labute approximate surface area is 168 Å². The number of hydrogen-bond donors (Lipinski definition) is 0. The Hall–Kier alpha value is -0.686. The highest BCUT2D eigenvalue weighted by Crippen LogP contribution is 2.62. The number of allylic oxidation sites excluding steroid dienone is 1. The van der Waals surface area contributed by atoms with Crippen molar-refractivity contribution in [3.63, 3.8) is 0 Å². The zero-order chi connectivity index (χ0) is 18.4. The smallest absolute Gasteiger partial charge is 0.0891 e. The van der Waals surface area contributed by atoms with Gasteiger partial charge in [-0.3, -0.25) is 0 Å². The van der Waals surface area contributed by atoms with Gasteiger partial charge in [-0.1, -0.05) is 130 Å². The third-order valence-corrected chi connectivity index (χ3v) is 20.8. The van der Waals surface area contributed by atoms with Gasteiger partial charge in [0, 0.05) is 9.62 Å². The Morgan fingerprint density at radius 3 is 2.04 bits per heavy atom. The Kier molecular flexibility index (Phi) is 4.83. The van der Waals surface area contributed by atoms with Crippen molar-refractivity contribution in [1.82, 2.24) is 0 Å². The second-order valence-corrected chi connectivity index (χ2v) is 21.1. The quantitative estimate of drug-likeness (QED) is 0.479. The highest BCUT2D eigenvalue weighted by atomic mass is 33.1. The zero-order valence-corrected chi connectivity index (χ0v) is 19.8. The van der Waals surface area contributed by atoms with Crippen molar-refractivity contribution in [2.24, 2.45) is 0 Å². The minimum Gasteiger partial charge on any atom is -0.0891 e. The van der Waals surface area contributed by atoms with Crippen molar-refractivity contribution in [2.45, 2.75) is 48.6 Å².